The minimum absolute atomic E-state index is 0.0189. The van der Waals surface area contributed by atoms with Gasteiger partial charge in [0, 0.05) is 12.1 Å². The number of hydrogen-bond acceptors (Lipinski definition) is 3. The fraction of sp³-hybridized carbons (Fsp3) is 0.846. The molecule has 0 spiro atoms. The first-order chi connectivity index (χ1) is 8.13. The lowest BCUT2D eigenvalue weighted by Crippen LogP contribution is -2.54. The van der Waals surface area contributed by atoms with Crippen LogP contribution in [0.5, 0.6) is 0 Å². The van der Waals surface area contributed by atoms with Crippen LogP contribution in [-0.2, 0) is 9.53 Å². The molecule has 104 valence electrons. The molecule has 0 unspecified atom stereocenters. The summed E-state index contributed by atoms with van der Waals surface area (Å²) in [5, 5.41) is 9.15. The first kappa shape index (κ1) is 14.8. The molecule has 0 aromatic heterocycles. The Hall–Kier alpha value is -1.26. The van der Waals surface area contributed by atoms with Crippen molar-refractivity contribution in [1.82, 2.24) is 4.90 Å². The summed E-state index contributed by atoms with van der Waals surface area (Å²) < 4.78 is 5.34. The molecule has 0 radical (unpaired) electrons. The van der Waals surface area contributed by atoms with E-state index in [1.165, 1.54) is 0 Å². The number of likely N-dealkylation sites (tertiary alicyclic amines) is 1. The van der Waals surface area contributed by atoms with Gasteiger partial charge in [-0.15, -0.1) is 0 Å². The zero-order valence-electron chi connectivity index (χ0n) is 11.8. The molecule has 0 aromatic carbocycles. The third kappa shape index (κ3) is 3.37. The first-order valence-corrected chi connectivity index (χ1v) is 6.37. The number of ether oxygens (including phenoxy) is 1. The number of hydrogen-bond donors (Lipinski definition) is 1. The molecule has 1 rings (SSSR count). The van der Waals surface area contributed by atoms with E-state index in [1.807, 2.05) is 6.92 Å². The fourth-order valence-electron chi connectivity index (χ4n) is 2.39. The second kappa shape index (κ2) is 5.16. The van der Waals surface area contributed by atoms with Crippen LogP contribution >= 0.6 is 0 Å². The van der Waals surface area contributed by atoms with Crippen molar-refractivity contribution in [2.45, 2.75) is 65.1 Å². The van der Waals surface area contributed by atoms with Crippen molar-refractivity contribution in [1.29, 1.82) is 0 Å². The van der Waals surface area contributed by atoms with Gasteiger partial charge in [-0.1, -0.05) is 0 Å². The predicted octanol–water partition coefficient (Wildman–Crippen LogP) is 2.50. The number of rotatable bonds is 1. The zero-order valence-corrected chi connectivity index (χ0v) is 11.8. The molecule has 1 amide bonds. The highest BCUT2D eigenvalue weighted by molar-refractivity contribution is 5.74. The van der Waals surface area contributed by atoms with Gasteiger partial charge in [0.25, 0.3) is 0 Å². The summed E-state index contributed by atoms with van der Waals surface area (Å²) in [7, 11) is 0. The van der Waals surface area contributed by atoms with E-state index in [4.69, 9.17) is 9.84 Å². The van der Waals surface area contributed by atoms with E-state index in [1.54, 1.807) is 32.6 Å². The number of nitrogens with zero attached hydrogens (tertiary/aromatic N) is 1. The van der Waals surface area contributed by atoms with Crippen LogP contribution in [0.15, 0.2) is 0 Å². The highest BCUT2D eigenvalue weighted by Crippen LogP contribution is 2.29. The molecule has 5 heteroatoms. The molecule has 0 saturated carbocycles. The maximum absolute atomic E-state index is 12.1. The van der Waals surface area contributed by atoms with Gasteiger partial charge >= 0.3 is 12.1 Å². The highest BCUT2D eigenvalue weighted by Gasteiger charge is 2.40. The van der Waals surface area contributed by atoms with Crippen molar-refractivity contribution < 1.29 is 19.4 Å². The Kier molecular flexibility index (Phi) is 4.24. The summed E-state index contributed by atoms with van der Waals surface area (Å²) in [4.78, 5) is 24.8. The fourth-order valence-corrected chi connectivity index (χ4v) is 2.39. The summed E-state index contributed by atoms with van der Waals surface area (Å²) >= 11 is 0. The van der Waals surface area contributed by atoms with Gasteiger partial charge in [-0.05, 0) is 47.5 Å². The molecule has 0 bridgehead atoms. The van der Waals surface area contributed by atoms with Crippen LogP contribution in [0.3, 0.4) is 0 Å². The van der Waals surface area contributed by atoms with Gasteiger partial charge in [-0.25, -0.2) is 4.79 Å². The zero-order chi connectivity index (χ0) is 14.1. The maximum atomic E-state index is 12.1. The summed E-state index contributed by atoms with van der Waals surface area (Å²) in [6.07, 6.45) is 0.880. The minimum Gasteiger partial charge on any atom is -0.481 e. The molecular weight excluding hydrogens is 234 g/mol. The largest absolute Gasteiger partial charge is 0.481 e. The van der Waals surface area contributed by atoms with Gasteiger partial charge in [0.1, 0.15) is 5.60 Å². The van der Waals surface area contributed by atoms with Crippen LogP contribution in [-0.4, -0.2) is 39.8 Å². The lowest BCUT2D eigenvalue weighted by molar-refractivity contribution is -0.146. The molecule has 0 aromatic rings. The van der Waals surface area contributed by atoms with Crippen molar-refractivity contribution in [3.8, 4) is 0 Å². The average molecular weight is 257 g/mol. The highest BCUT2D eigenvalue weighted by atomic mass is 16.6. The molecule has 1 aliphatic rings. The van der Waals surface area contributed by atoms with Crippen molar-refractivity contribution in [3.63, 3.8) is 0 Å². The quantitative estimate of drug-likeness (QED) is 0.783. The second-order valence-electron chi connectivity index (χ2n) is 6.00. The predicted molar refractivity (Wildman–Crippen MR) is 67.4 cm³/mol. The van der Waals surface area contributed by atoms with Crippen LogP contribution in [0.1, 0.15) is 47.5 Å². The molecule has 1 saturated heterocycles. The third-order valence-electron chi connectivity index (χ3n) is 3.31. The van der Waals surface area contributed by atoms with Gasteiger partial charge in [0.2, 0.25) is 0 Å². The Bertz CT molecular complexity index is 334. The van der Waals surface area contributed by atoms with E-state index < -0.39 is 23.6 Å². The summed E-state index contributed by atoms with van der Waals surface area (Å²) in [6.45, 7) is 9.12. The number of piperidine rings is 1. The van der Waals surface area contributed by atoms with Crippen LogP contribution < -0.4 is 0 Å². The molecule has 18 heavy (non-hydrogen) atoms. The molecule has 0 aliphatic carbocycles. The van der Waals surface area contributed by atoms with Crippen LogP contribution in [0.25, 0.3) is 0 Å². The Balaban J connectivity index is 2.83. The lowest BCUT2D eigenvalue weighted by atomic mass is 9.87. The Morgan fingerprint density at radius 3 is 2.22 bits per heavy atom. The normalized spacial score (nSPS) is 28.9. The van der Waals surface area contributed by atoms with Gasteiger partial charge < -0.3 is 14.7 Å². The first-order valence-electron chi connectivity index (χ1n) is 6.37. The number of carboxylic acid groups (broad SMARTS) is 1. The molecular formula is C13H23NO4. The van der Waals surface area contributed by atoms with E-state index in [0.717, 1.165) is 0 Å². The van der Waals surface area contributed by atoms with Gasteiger partial charge in [0.05, 0.1) is 5.92 Å². The monoisotopic (exact) mass is 257 g/mol. The number of amides is 1. The number of aliphatic carboxylic acids is 1. The molecule has 3 atom stereocenters. The van der Waals surface area contributed by atoms with Crippen molar-refractivity contribution in [2.24, 2.45) is 5.92 Å². The van der Waals surface area contributed by atoms with Gasteiger partial charge in [0.15, 0.2) is 0 Å². The van der Waals surface area contributed by atoms with E-state index in [-0.39, 0.29) is 12.1 Å². The van der Waals surface area contributed by atoms with Crippen molar-refractivity contribution >= 4 is 12.1 Å². The van der Waals surface area contributed by atoms with Crippen LogP contribution in [0.2, 0.25) is 0 Å². The van der Waals surface area contributed by atoms with Crippen molar-refractivity contribution in [3.05, 3.63) is 0 Å². The Labute approximate surface area is 108 Å². The minimum atomic E-state index is -0.844. The smallest absolute Gasteiger partial charge is 0.410 e. The number of carbonyl (C=O) groups is 2. The molecule has 1 aliphatic heterocycles. The molecule has 1 heterocycles. The summed E-state index contributed by atoms with van der Waals surface area (Å²) in [5.41, 5.74) is -0.563. The van der Waals surface area contributed by atoms with Crippen LogP contribution in [0.4, 0.5) is 4.79 Å². The van der Waals surface area contributed by atoms with Crippen LogP contribution in [0, 0.1) is 5.92 Å². The third-order valence-corrected chi connectivity index (χ3v) is 3.31. The summed E-state index contributed by atoms with van der Waals surface area (Å²) in [5.74, 6) is -1.35. The molecule has 1 fully saturated rings. The topological polar surface area (TPSA) is 66.8 Å². The summed E-state index contributed by atoms with van der Waals surface area (Å²) in [6, 6.07) is -0.313. The SMILES string of the molecule is C[C@@H]1CC[C@H](C(=O)O)[C@H](C)N1C(=O)OC(C)(C)C. The average Bonchev–Trinajstić information content (AvgIpc) is 2.13. The van der Waals surface area contributed by atoms with Gasteiger partial charge in [-0.2, -0.15) is 0 Å². The Morgan fingerprint density at radius 1 is 1.22 bits per heavy atom. The van der Waals surface area contributed by atoms with E-state index >= 15 is 0 Å². The number of carboxylic acids is 1. The molecule has 5 nitrogen and oxygen atoms in total. The standard InChI is InChI=1S/C13H23NO4/c1-8-6-7-10(11(15)16)9(2)14(8)12(17)18-13(3,4)5/h8-10H,6-7H2,1-5H3,(H,15,16)/t8-,9+,10+/m1/s1. The number of carbonyl (C=O) groups excluding carboxylic acids is 1. The van der Waals surface area contributed by atoms with Crippen molar-refractivity contribution in [2.75, 3.05) is 0 Å². The molecule has 1 N–H and O–H groups in total. The Morgan fingerprint density at radius 2 is 1.78 bits per heavy atom. The maximum Gasteiger partial charge on any atom is 0.410 e. The van der Waals surface area contributed by atoms with E-state index in [2.05, 4.69) is 0 Å². The lowest BCUT2D eigenvalue weighted by Gasteiger charge is -2.42. The van der Waals surface area contributed by atoms with E-state index in [9.17, 15) is 9.59 Å². The second-order valence-corrected chi connectivity index (χ2v) is 6.00. The van der Waals surface area contributed by atoms with E-state index in [0.29, 0.717) is 12.8 Å². The van der Waals surface area contributed by atoms with Gasteiger partial charge in [-0.3, -0.25) is 4.79 Å².